The van der Waals surface area contributed by atoms with Crippen molar-refractivity contribution >= 4 is 11.8 Å². The molecule has 1 saturated heterocycles. The third-order valence-electron chi connectivity index (χ3n) is 4.50. The fraction of sp³-hybridized carbons (Fsp3) is 0.526. The Labute approximate surface area is 148 Å². The summed E-state index contributed by atoms with van der Waals surface area (Å²) in [7, 11) is 0. The molecule has 0 amide bonds. The third-order valence-corrected chi connectivity index (χ3v) is 5.44. The van der Waals surface area contributed by atoms with Gasteiger partial charge in [-0.05, 0) is 45.2 Å². The van der Waals surface area contributed by atoms with E-state index in [2.05, 4.69) is 31.4 Å². The number of imidazole rings is 1. The number of nitrogens with zero attached hydrogens (tertiary/aromatic N) is 2. The van der Waals surface area contributed by atoms with Crippen molar-refractivity contribution in [1.29, 1.82) is 0 Å². The van der Waals surface area contributed by atoms with E-state index < -0.39 is 0 Å². The highest BCUT2D eigenvalue weighted by Crippen LogP contribution is 2.24. The maximum atomic E-state index is 5.89. The Morgan fingerprint density at radius 3 is 2.88 bits per heavy atom. The first-order chi connectivity index (χ1) is 11.6. The highest BCUT2D eigenvalue weighted by atomic mass is 32.2. The lowest BCUT2D eigenvalue weighted by Gasteiger charge is -2.15. The number of para-hydroxylation sites is 1. The van der Waals surface area contributed by atoms with Crippen LogP contribution < -0.4 is 4.74 Å². The summed E-state index contributed by atoms with van der Waals surface area (Å²) in [6.45, 7) is 8.78. The lowest BCUT2D eigenvalue weighted by atomic mass is 10.2. The Morgan fingerprint density at radius 1 is 1.29 bits per heavy atom. The summed E-state index contributed by atoms with van der Waals surface area (Å²) in [6, 6.07) is 8.14. The first-order valence-corrected chi connectivity index (χ1v) is 9.60. The molecule has 2 heterocycles. The van der Waals surface area contributed by atoms with E-state index >= 15 is 0 Å². The van der Waals surface area contributed by atoms with Crippen LogP contribution in [0.5, 0.6) is 5.75 Å². The molecule has 1 aliphatic heterocycles. The summed E-state index contributed by atoms with van der Waals surface area (Å²) in [4.78, 5) is 4.73. The van der Waals surface area contributed by atoms with Gasteiger partial charge in [0.15, 0.2) is 5.16 Å². The zero-order chi connectivity index (χ0) is 16.9. The SMILES string of the molecule is Cc1ccccc1OCCSc1nc(C)c(C)n1CC1CCCO1. The molecule has 0 radical (unpaired) electrons. The Balaban J connectivity index is 1.56. The number of hydrogen-bond acceptors (Lipinski definition) is 4. The van der Waals surface area contributed by atoms with Crippen LogP contribution in [-0.4, -0.2) is 34.6 Å². The summed E-state index contributed by atoms with van der Waals surface area (Å²) in [6.07, 6.45) is 2.65. The van der Waals surface area contributed by atoms with Crippen LogP contribution >= 0.6 is 11.8 Å². The van der Waals surface area contributed by atoms with Crippen LogP contribution in [0.4, 0.5) is 0 Å². The zero-order valence-corrected chi connectivity index (χ0v) is 15.6. The Hall–Kier alpha value is -1.46. The summed E-state index contributed by atoms with van der Waals surface area (Å²) in [5.74, 6) is 1.85. The average molecular weight is 346 g/mol. The van der Waals surface area contributed by atoms with Crippen molar-refractivity contribution in [2.75, 3.05) is 19.0 Å². The maximum absolute atomic E-state index is 5.89. The second-order valence-electron chi connectivity index (χ2n) is 6.27. The predicted molar refractivity (Wildman–Crippen MR) is 98.1 cm³/mol. The van der Waals surface area contributed by atoms with Gasteiger partial charge in [0.25, 0.3) is 0 Å². The lowest BCUT2D eigenvalue weighted by Crippen LogP contribution is -2.17. The van der Waals surface area contributed by atoms with Gasteiger partial charge >= 0.3 is 0 Å². The summed E-state index contributed by atoms with van der Waals surface area (Å²) in [5.41, 5.74) is 3.53. The molecule has 1 atom stereocenters. The lowest BCUT2D eigenvalue weighted by molar-refractivity contribution is 0.0945. The van der Waals surface area contributed by atoms with Gasteiger partial charge in [0, 0.05) is 18.1 Å². The molecule has 1 aromatic heterocycles. The number of hydrogen-bond donors (Lipinski definition) is 0. The number of ether oxygens (including phenoxy) is 2. The van der Waals surface area contributed by atoms with E-state index in [0.29, 0.717) is 12.7 Å². The van der Waals surface area contributed by atoms with Crippen LogP contribution in [-0.2, 0) is 11.3 Å². The number of aryl methyl sites for hydroxylation is 2. The monoisotopic (exact) mass is 346 g/mol. The fourth-order valence-electron chi connectivity index (χ4n) is 2.94. The highest BCUT2D eigenvalue weighted by Gasteiger charge is 2.20. The molecule has 0 bridgehead atoms. The molecule has 3 rings (SSSR count). The molecular formula is C19H26N2O2S. The summed E-state index contributed by atoms with van der Waals surface area (Å²) in [5, 5.41) is 1.08. The van der Waals surface area contributed by atoms with Gasteiger partial charge in [0.2, 0.25) is 0 Å². The third kappa shape index (κ3) is 4.14. The topological polar surface area (TPSA) is 36.3 Å². The van der Waals surface area contributed by atoms with Crippen LogP contribution in [0.25, 0.3) is 0 Å². The van der Waals surface area contributed by atoms with Gasteiger partial charge in [0.05, 0.1) is 24.9 Å². The van der Waals surface area contributed by atoms with Gasteiger partial charge < -0.3 is 14.0 Å². The Kier molecular flexibility index (Phi) is 5.85. The molecule has 0 spiro atoms. The van der Waals surface area contributed by atoms with Gasteiger partial charge in [-0.1, -0.05) is 30.0 Å². The van der Waals surface area contributed by atoms with Gasteiger partial charge in [-0.2, -0.15) is 0 Å². The smallest absolute Gasteiger partial charge is 0.168 e. The van der Waals surface area contributed by atoms with Gasteiger partial charge in [0.1, 0.15) is 5.75 Å². The first kappa shape index (κ1) is 17.4. The van der Waals surface area contributed by atoms with Crippen molar-refractivity contribution < 1.29 is 9.47 Å². The number of aromatic nitrogens is 2. The second-order valence-corrected chi connectivity index (χ2v) is 7.34. The van der Waals surface area contributed by atoms with Crippen LogP contribution in [0.15, 0.2) is 29.4 Å². The van der Waals surface area contributed by atoms with Crippen molar-refractivity contribution in [2.45, 2.75) is 51.4 Å². The minimum absolute atomic E-state index is 0.333. The number of thioether (sulfide) groups is 1. The molecule has 1 fully saturated rings. The molecule has 0 N–H and O–H groups in total. The highest BCUT2D eigenvalue weighted by molar-refractivity contribution is 7.99. The van der Waals surface area contributed by atoms with Crippen LogP contribution in [0.2, 0.25) is 0 Å². The zero-order valence-electron chi connectivity index (χ0n) is 14.7. The van der Waals surface area contributed by atoms with E-state index in [1.807, 2.05) is 18.2 Å². The molecule has 0 saturated carbocycles. The predicted octanol–water partition coefficient (Wildman–Crippen LogP) is 4.16. The van der Waals surface area contributed by atoms with E-state index in [4.69, 9.17) is 14.5 Å². The molecule has 5 heteroatoms. The van der Waals surface area contributed by atoms with Crippen molar-refractivity contribution in [3.05, 3.63) is 41.2 Å². The summed E-state index contributed by atoms with van der Waals surface area (Å²) < 4.78 is 14.0. The molecule has 24 heavy (non-hydrogen) atoms. The minimum Gasteiger partial charge on any atom is -0.492 e. The fourth-order valence-corrected chi connectivity index (χ4v) is 3.86. The average Bonchev–Trinajstić information content (AvgIpc) is 3.17. The molecule has 1 unspecified atom stereocenters. The first-order valence-electron chi connectivity index (χ1n) is 8.61. The van der Waals surface area contributed by atoms with Crippen molar-refractivity contribution in [3.8, 4) is 5.75 Å². The standard InChI is InChI=1S/C19H26N2O2S/c1-14-7-4-5-9-18(14)23-11-12-24-19-20-15(2)16(3)21(19)13-17-8-6-10-22-17/h4-5,7,9,17H,6,8,10-13H2,1-3H3. The molecule has 130 valence electrons. The summed E-state index contributed by atoms with van der Waals surface area (Å²) >= 11 is 1.76. The van der Waals surface area contributed by atoms with Gasteiger partial charge in [-0.3, -0.25) is 0 Å². The normalized spacial score (nSPS) is 17.4. The van der Waals surface area contributed by atoms with Crippen LogP contribution in [0.3, 0.4) is 0 Å². The van der Waals surface area contributed by atoms with E-state index in [1.165, 1.54) is 17.7 Å². The number of rotatable bonds is 7. The molecule has 1 aliphatic rings. The Morgan fingerprint density at radius 2 is 2.12 bits per heavy atom. The van der Waals surface area contributed by atoms with Crippen molar-refractivity contribution in [3.63, 3.8) is 0 Å². The van der Waals surface area contributed by atoms with E-state index in [9.17, 15) is 0 Å². The maximum Gasteiger partial charge on any atom is 0.168 e. The molecule has 4 nitrogen and oxygen atoms in total. The van der Waals surface area contributed by atoms with Crippen LogP contribution in [0.1, 0.15) is 29.8 Å². The van der Waals surface area contributed by atoms with Crippen molar-refractivity contribution in [1.82, 2.24) is 9.55 Å². The quantitative estimate of drug-likeness (QED) is 0.557. The largest absolute Gasteiger partial charge is 0.492 e. The number of benzene rings is 1. The molecular weight excluding hydrogens is 320 g/mol. The molecule has 0 aliphatic carbocycles. The minimum atomic E-state index is 0.333. The Bertz CT molecular complexity index is 678. The molecule has 1 aromatic carbocycles. The van der Waals surface area contributed by atoms with Crippen molar-refractivity contribution in [2.24, 2.45) is 0 Å². The van der Waals surface area contributed by atoms with E-state index in [0.717, 1.165) is 41.9 Å². The van der Waals surface area contributed by atoms with Gasteiger partial charge in [-0.25, -0.2) is 4.98 Å². The van der Waals surface area contributed by atoms with E-state index in [1.54, 1.807) is 11.8 Å². The van der Waals surface area contributed by atoms with Crippen LogP contribution in [0, 0.1) is 20.8 Å². The van der Waals surface area contributed by atoms with Gasteiger partial charge in [-0.15, -0.1) is 0 Å². The second kappa shape index (κ2) is 8.08. The molecule has 2 aromatic rings. The van der Waals surface area contributed by atoms with E-state index in [-0.39, 0.29) is 0 Å².